The van der Waals surface area contributed by atoms with Gasteiger partial charge in [-0.2, -0.15) is 0 Å². The van der Waals surface area contributed by atoms with Crippen LogP contribution in [0.25, 0.3) is 0 Å². The van der Waals surface area contributed by atoms with E-state index in [9.17, 15) is 9.59 Å². The van der Waals surface area contributed by atoms with E-state index in [0.29, 0.717) is 22.3 Å². The number of aromatic carboxylic acids is 1. The molecule has 1 aromatic rings. The molecular weight excluding hydrogens is 264 g/mol. The van der Waals surface area contributed by atoms with Crippen molar-refractivity contribution in [3.8, 4) is 0 Å². The summed E-state index contributed by atoms with van der Waals surface area (Å²) in [5.74, 6) is -0.383. The molecule has 0 radical (unpaired) electrons. The number of rotatable bonds is 4. The van der Waals surface area contributed by atoms with Gasteiger partial charge in [0.2, 0.25) is 0 Å². The molecule has 0 aliphatic carbocycles. The number of thiazole rings is 1. The Morgan fingerprint density at radius 3 is 3.06 bits per heavy atom. The fraction of sp³-hybridized carbons (Fsp3) is 0.444. The van der Waals surface area contributed by atoms with Crippen LogP contribution in [-0.2, 0) is 4.74 Å². The van der Waals surface area contributed by atoms with Crippen molar-refractivity contribution in [2.24, 2.45) is 0 Å². The number of carbonyl (C=O) groups excluding carboxylic acids is 1. The van der Waals surface area contributed by atoms with Gasteiger partial charge in [-0.25, -0.2) is 14.6 Å². The Kier molecular flexibility index (Phi) is 3.53. The molecule has 1 aliphatic heterocycles. The quantitative estimate of drug-likeness (QED) is 0.806. The molecule has 2 rings (SSSR count). The summed E-state index contributed by atoms with van der Waals surface area (Å²) >= 11 is 2.54. The zero-order valence-corrected chi connectivity index (χ0v) is 10.6. The van der Waals surface area contributed by atoms with Crippen LogP contribution in [0, 0.1) is 6.92 Å². The molecule has 1 saturated heterocycles. The number of hydrogen-bond donors (Lipinski definition) is 2. The van der Waals surface area contributed by atoms with Crippen LogP contribution >= 0.6 is 23.1 Å². The van der Waals surface area contributed by atoms with Gasteiger partial charge in [0.15, 0.2) is 4.34 Å². The number of ether oxygens (including phenoxy) is 1. The number of amides is 1. The number of hydrogen-bond acceptors (Lipinski definition) is 6. The number of thioether (sulfide) groups is 1. The average Bonchev–Trinajstić information content (AvgIpc) is 2.82. The number of carbonyl (C=O) groups is 2. The van der Waals surface area contributed by atoms with E-state index < -0.39 is 12.1 Å². The molecule has 6 nitrogen and oxygen atoms in total. The second-order valence-corrected chi connectivity index (χ2v) is 5.68. The molecule has 1 unspecified atom stereocenters. The number of nitrogens with one attached hydrogen (secondary N) is 1. The summed E-state index contributed by atoms with van der Waals surface area (Å²) in [6.07, 6.45) is -0.581. The topological polar surface area (TPSA) is 88.5 Å². The number of carboxylic acid groups (broad SMARTS) is 1. The van der Waals surface area contributed by atoms with Gasteiger partial charge in [-0.15, -0.1) is 11.3 Å². The SMILES string of the molecule is Cc1nc(SCC2CNC(=O)O2)sc1C(=O)O. The van der Waals surface area contributed by atoms with E-state index in [-0.39, 0.29) is 11.0 Å². The van der Waals surface area contributed by atoms with Gasteiger partial charge in [-0.1, -0.05) is 11.8 Å². The van der Waals surface area contributed by atoms with Crippen LogP contribution in [0.3, 0.4) is 0 Å². The largest absolute Gasteiger partial charge is 0.477 e. The average molecular weight is 274 g/mol. The van der Waals surface area contributed by atoms with Crippen molar-refractivity contribution in [1.29, 1.82) is 0 Å². The Morgan fingerprint density at radius 2 is 2.53 bits per heavy atom. The smallest absolute Gasteiger partial charge is 0.407 e. The number of aromatic nitrogens is 1. The lowest BCUT2D eigenvalue weighted by Gasteiger charge is -2.04. The summed E-state index contributed by atoms with van der Waals surface area (Å²) in [6.45, 7) is 2.16. The van der Waals surface area contributed by atoms with Gasteiger partial charge >= 0.3 is 12.1 Å². The Balaban J connectivity index is 1.93. The molecule has 2 N–H and O–H groups in total. The van der Waals surface area contributed by atoms with Crippen molar-refractivity contribution in [3.63, 3.8) is 0 Å². The Bertz CT molecular complexity index is 460. The molecule has 1 atom stereocenters. The zero-order chi connectivity index (χ0) is 12.4. The van der Waals surface area contributed by atoms with Crippen molar-refractivity contribution in [2.45, 2.75) is 17.4 Å². The molecule has 0 saturated carbocycles. The monoisotopic (exact) mass is 274 g/mol. The number of nitrogens with zero attached hydrogens (tertiary/aromatic N) is 1. The minimum Gasteiger partial charge on any atom is -0.477 e. The van der Waals surface area contributed by atoms with Crippen LogP contribution in [0.15, 0.2) is 4.34 Å². The normalized spacial score (nSPS) is 18.9. The molecular formula is C9H10N2O4S2. The molecule has 0 spiro atoms. The van der Waals surface area contributed by atoms with Gasteiger partial charge in [0.05, 0.1) is 12.2 Å². The summed E-state index contributed by atoms with van der Waals surface area (Å²) in [5, 5.41) is 11.4. The molecule has 1 aromatic heterocycles. The molecule has 0 bridgehead atoms. The maximum atomic E-state index is 10.8. The van der Waals surface area contributed by atoms with Crippen molar-refractivity contribution in [3.05, 3.63) is 10.6 Å². The standard InChI is InChI=1S/C9H10N2O4S2/c1-4-6(7(12)13)17-9(11-4)16-3-5-2-10-8(14)15-5/h5H,2-3H2,1H3,(H,10,14)(H,12,13). The minimum atomic E-state index is -0.958. The molecule has 1 amide bonds. The van der Waals surface area contributed by atoms with Gasteiger partial charge < -0.3 is 15.2 Å². The van der Waals surface area contributed by atoms with Gasteiger partial charge in [0.25, 0.3) is 0 Å². The first-order valence-corrected chi connectivity index (χ1v) is 6.64. The molecule has 92 valence electrons. The second kappa shape index (κ2) is 4.92. The summed E-state index contributed by atoms with van der Waals surface area (Å²) in [7, 11) is 0. The Hall–Kier alpha value is -1.28. The van der Waals surface area contributed by atoms with E-state index in [1.165, 1.54) is 11.8 Å². The van der Waals surface area contributed by atoms with Crippen molar-refractivity contribution >= 4 is 35.2 Å². The second-order valence-electron chi connectivity index (χ2n) is 3.42. The van der Waals surface area contributed by atoms with Gasteiger partial charge in [0, 0.05) is 5.75 Å². The summed E-state index contributed by atoms with van der Waals surface area (Å²) in [5.41, 5.74) is 0.520. The highest BCUT2D eigenvalue weighted by Crippen LogP contribution is 2.28. The van der Waals surface area contributed by atoms with E-state index in [1.807, 2.05) is 0 Å². The Morgan fingerprint density at radius 1 is 1.76 bits per heavy atom. The molecule has 17 heavy (non-hydrogen) atoms. The molecule has 1 aliphatic rings. The zero-order valence-electron chi connectivity index (χ0n) is 8.93. The molecule has 2 heterocycles. The van der Waals surface area contributed by atoms with Gasteiger partial charge in [-0.3, -0.25) is 0 Å². The highest BCUT2D eigenvalue weighted by Gasteiger charge is 2.23. The maximum absolute atomic E-state index is 10.8. The van der Waals surface area contributed by atoms with Crippen LogP contribution in [0.5, 0.6) is 0 Å². The first-order valence-electron chi connectivity index (χ1n) is 4.84. The van der Waals surface area contributed by atoms with E-state index in [2.05, 4.69) is 10.3 Å². The van der Waals surface area contributed by atoms with E-state index in [4.69, 9.17) is 9.84 Å². The van der Waals surface area contributed by atoms with E-state index in [0.717, 1.165) is 11.3 Å². The van der Waals surface area contributed by atoms with Crippen molar-refractivity contribution < 1.29 is 19.4 Å². The molecule has 8 heteroatoms. The number of aryl methyl sites for hydroxylation is 1. The predicted molar refractivity (Wildman–Crippen MR) is 62.8 cm³/mol. The third-order valence-electron chi connectivity index (χ3n) is 2.11. The third-order valence-corrected chi connectivity index (χ3v) is 4.53. The first-order chi connectivity index (χ1) is 8.06. The number of alkyl carbamates (subject to hydrolysis) is 1. The predicted octanol–water partition coefficient (Wildman–Crippen LogP) is 1.35. The van der Waals surface area contributed by atoms with Crippen molar-refractivity contribution in [2.75, 3.05) is 12.3 Å². The summed E-state index contributed by atoms with van der Waals surface area (Å²) < 4.78 is 5.64. The Labute approximate surface area is 105 Å². The lowest BCUT2D eigenvalue weighted by atomic mass is 10.4. The number of cyclic esters (lactones) is 1. The van der Waals surface area contributed by atoms with Crippen molar-refractivity contribution in [1.82, 2.24) is 10.3 Å². The minimum absolute atomic E-state index is 0.176. The van der Waals surface area contributed by atoms with Crippen LogP contribution < -0.4 is 5.32 Å². The lowest BCUT2D eigenvalue weighted by molar-refractivity contribution is 0.0701. The fourth-order valence-corrected chi connectivity index (χ4v) is 3.36. The molecule has 0 aromatic carbocycles. The fourth-order valence-electron chi connectivity index (χ4n) is 1.32. The van der Waals surface area contributed by atoms with Crippen LogP contribution in [-0.4, -0.2) is 40.6 Å². The first kappa shape index (κ1) is 12.2. The van der Waals surface area contributed by atoms with Gasteiger partial charge in [-0.05, 0) is 6.92 Å². The van der Waals surface area contributed by atoms with Crippen LogP contribution in [0.1, 0.15) is 15.4 Å². The van der Waals surface area contributed by atoms with E-state index in [1.54, 1.807) is 6.92 Å². The summed E-state index contributed by atoms with van der Waals surface area (Å²) in [4.78, 5) is 26.0. The highest BCUT2D eigenvalue weighted by atomic mass is 32.2. The van der Waals surface area contributed by atoms with Gasteiger partial charge in [0.1, 0.15) is 11.0 Å². The molecule has 1 fully saturated rings. The van der Waals surface area contributed by atoms with Crippen LogP contribution in [0.2, 0.25) is 0 Å². The maximum Gasteiger partial charge on any atom is 0.407 e. The van der Waals surface area contributed by atoms with Crippen LogP contribution in [0.4, 0.5) is 4.79 Å². The summed E-state index contributed by atoms with van der Waals surface area (Å²) in [6, 6.07) is 0. The van der Waals surface area contributed by atoms with E-state index >= 15 is 0 Å². The lowest BCUT2D eigenvalue weighted by Crippen LogP contribution is -2.16. The number of carboxylic acids is 1. The highest BCUT2D eigenvalue weighted by molar-refractivity contribution is 8.01. The third kappa shape index (κ3) is 2.89.